The Morgan fingerprint density at radius 1 is 1.14 bits per heavy atom. The standard InChI is InChI=1S/C22H26ClFN2O2S/c1-16-10-12-29-20(16)14-25(13-17-4-6-18(24)7-5-17)22(28)15-26(19-8-9-19)21(27)3-2-11-23/h4-7,10,12,19H,2-3,8-9,11,13-15H2,1H3. The molecule has 1 fully saturated rings. The first kappa shape index (κ1) is 21.8. The summed E-state index contributed by atoms with van der Waals surface area (Å²) in [7, 11) is 0. The number of hydrogen-bond acceptors (Lipinski definition) is 3. The Hall–Kier alpha value is -1.92. The molecule has 7 heteroatoms. The lowest BCUT2D eigenvalue weighted by atomic mass is 10.2. The number of carbonyl (C=O) groups is 2. The Kier molecular flexibility index (Phi) is 7.67. The van der Waals surface area contributed by atoms with E-state index in [1.54, 1.807) is 33.3 Å². The van der Waals surface area contributed by atoms with Gasteiger partial charge in [-0.05, 0) is 60.9 Å². The maximum Gasteiger partial charge on any atom is 0.242 e. The van der Waals surface area contributed by atoms with E-state index in [1.165, 1.54) is 12.1 Å². The first-order valence-electron chi connectivity index (χ1n) is 9.88. The highest BCUT2D eigenvalue weighted by Crippen LogP contribution is 2.28. The topological polar surface area (TPSA) is 40.6 Å². The fourth-order valence-electron chi connectivity index (χ4n) is 3.20. The highest BCUT2D eigenvalue weighted by Gasteiger charge is 2.34. The van der Waals surface area contributed by atoms with Crippen molar-refractivity contribution in [2.45, 2.75) is 51.7 Å². The van der Waals surface area contributed by atoms with Crippen LogP contribution in [0.4, 0.5) is 4.39 Å². The van der Waals surface area contributed by atoms with Crippen LogP contribution < -0.4 is 0 Å². The van der Waals surface area contributed by atoms with E-state index >= 15 is 0 Å². The Balaban J connectivity index is 1.74. The number of rotatable bonds is 10. The number of hydrogen-bond donors (Lipinski definition) is 0. The number of aryl methyl sites for hydroxylation is 1. The molecule has 0 N–H and O–H groups in total. The van der Waals surface area contributed by atoms with Crippen LogP contribution in [0.5, 0.6) is 0 Å². The van der Waals surface area contributed by atoms with Gasteiger partial charge in [-0.25, -0.2) is 4.39 Å². The molecule has 3 rings (SSSR count). The second kappa shape index (κ2) is 10.2. The molecule has 0 radical (unpaired) electrons. The molecule has 1 aliphatic carbocycles. The van der Waals surface area contributed by atoms with E-state index in [9.17, 15) is 14.0 Å². The van der Waals surface area contributed by atoms with Gasteiger partial charge in [0.05, 0.1) is 6.54 Å². The van der Waals surface area contributed by atoms with Gasteiger partial charge in [0.1, 0.15) is 12.4 Å². The van der Waals surface area contributed by atoms with E-state index in [0.29, 0.717) is 31.8 Å². The van der Waals surface area contributed by atoms with Crippen LogP contribution in [-0.2, 0) is 22.7 Å². The average molecular weight is 437 g/mol. The molecule has 0 bridgehead atoms. The van der Waals surface area contributed by atoms with Crippen molar-refractivity contribution in [3.05, 3.63) is 57.5 Å². The fraction of sp³-hybridized carbons (Fsp3) is 0.455. The summed E-state index contributed by atoms with van der Waals surface area (Å²) in [5, 5.41) is 2.01. The van der Waals surface area contributed by atoms with Crippen molar-refractivity contribution in [1.82, 2.24) is 9.80 Å². The van der Waals surface area contributed by atoms with E-state index in [-0.39, 0.29) is 30.2 Å². The number of benzene rings is 1. The lowest BCUT2D eigenvalue weighted by Gasteiger charge is -2.28. The minimum absolute atomic E-state index is 0.00413. The highest BCUT2D eigenvalue weighted by molar-refractivity contribution is 7.10. The normalized spacial score (nSPS) is 13.3. The maximum absolute atomic E-state index is 13.3. The molecular formula is C22H26ClFN2O2S. The van der Waals surface area contributed by atoms with Gasteiger partial charge < -0.3 is 9.80 Å². The summed E-state index contributed by atoms with van der Waals surface area (Å²) in [4.78, 5) is 30.4. The number of alkyl halides is 1. The van der Waals surface area contributed by atoms with Gasteiger partial charge >= 0.3 is 0 Å². The summed E-state index contributed by atoms with van der Waals surface area (Å²) in [6, 6.07) is 8.40. The average Bonchev–Trinajstić information content (AvgIpc) is 3.47. The zero-order chi connectivity index (χ0) is 20.8. The van der Waals surface area contributed by atoms with Gasteiger partial charge in [-0.3, -0.25) is 9.59 Å². The third-order valence-corrected chi connectivity index (χ3v) is 6.35. The van der Waals surface area contributed by atoms with Crippen molar-refractivity contribution in [2.24, 2.45) is 0 Å². The Morgan fingerprint density at radius 3 is 2.45 bits per heavy atom. The zero-order valence-electron chi connectivity index (χ0n) is 16.6. The minimum atomic E-state index is -0.300. The van der Waals surface area contributed by atoms with Crippen molar-refractivity contribution < 1.29 is 14.0 Å². The lowest BCUT2D eigenvalue weighted by Crippen LogP contribution is -2.43. The van der Waals surface area contributed by atoms with Gasteiger partial charge in [0, 0.05) is 29.8 Å². The molecule has 1 saturated carbocycles. The summed E-state index contributed by atoms with van der Waals surface area (Å²) in [6.45, 7) is 2.97. The second-order valence-electron chi connectivity index (χ2n) is 7.45. The zero-order valence-corrected chi connectivity index (χ0v) is 18.1. The van der Waals surface area contributed by atoms with E-state index in [4.69, 9.17) is 11.6 Å². The molecule has 0 unspecified atom stereocenters. The molecule has 2 amide bonds. The van der Waals surface area contributed by atoms with Gasteiger partial charge in [0.25, 0.3) is 0 Å². The number of thiophene rings is 1. The Bertz CT molecular complexity index is 836. The van der Waals surface area contributed by atoms with Crippen LogP contribution in [0.3, 0.4) is 0 Å². The Labute approximate surface area is 180 Å². The van der Waals surface area contributed by atoms with Crippen LogP contribution in [-0.4, -0.2) is 40.1 Å². The quantitative estimate of drug-likeness (QED) is 0.505. The molecule has 0 spiro atoms. The van der Waals surface area contributed by atoms with E-state index < -0.39 is 0 Å². The number of halogens is 2. The first-order chi connectivity index (χ1) is 14.0. The molecule has 29 heavy (non-hydrogen) atoms. The van der Waals surface area contributed by atoms with Gasteiger partial charge in [-0.15, -0.1) is 22.9 Å². The molecule has 2 aromatic rings. The van der Waals surface area contributed by atoms with Crippen LogP contribution in [0.25, 0.3) is 0 Å². The molecular weight excluding hydrogens is 411 g/mol. The van der Waals surface area contributed by atoms with Crippen molar-refractivity contribution in [3.8, 4) is 0 Å². The monoisotopic (exact) mass is 436 g/mol. The smallest absolute Gasteiger partial charge is 0.242 e. The summed E-state index contributed by atoms with van der Waals surface area (Å²) in [5.41, 5.74) is 2.00. The number of amides is 2. The van der Waals surface area contributed by atoms with Crippen molar-refractivity contribution in [1.29, 1.82) is 0 Å². The number of carbonyl (C=O) groups excluding carboxylic acids is 2. The van der Waals surface area contributed by atoms with Gasteiger partial charge in [0.15, 0.2) is 0 Å². The Morgan fingerprint density at radius 2 is 1.86 bits per heavy atom. The third kappa shape index (κ3) is 6.28. The largest absolute Gasteiger partial charge is 0.332 e. The van der Waals surface area contributed by atoms with Crippen LogP contribution in [0.1, 0.15) is 41.7 Å². The van der Waals surface area contributed by atoms with E-state index in [1.807, 2.05) is 18.4 Å². The van der Waals surface area contributed by atoms with E-state index in [0.717, 1.165) is 28.8 Å². The molecule has 4 nitrogen and oxygen atoms in total. The molecule has 1 aromatic carbocycles. The van der Waals surface area contributed by atoms with Crippen molar-refractivity contribution in [3.63, 3.8) is 0 Å². The molecule has 1 aromatic heterocycles. The van der Waals surface area contributed by atoms with Crippen LogP contribution in [0.2, 0.25) is 0 Å². The minimum Gasteiger partial charge on any atom is -0.332 e. The summed E-state index contributed by atoms with van der Waals surface area (Å²) in [5.74, 6) is 0.0429. The maximum atomic E-state index is 13.3. The van der Waals surface area contributed by atoms with Gasteiger partial charge in [-0.2, -0.15) is 0 Å². The lowest BCUT2D eigenvalue weighted by molar-refractivity contribution is -0.141. The van der Waals surface area contributed by atoms with Crippen LogP contribution in [0.15, 0.2) is 35.7 Å². The van der Waals surface area contributed by atoms with Crippen LogP contribution >= 0.6 is 22.9 Å². The summed E-state index contributed by atoms with van der Waals surface area (Å²) in [6.07, 6.45) is 2.88. The van der Waals surface area contributed by atoms with Crippen molar-refractivity contribution >= 4 is 34.8 Å². The summed E-state index contributed by atoms with van der Waals surface area (Å²) >= 11 is 7.34. The first-order valence-corrected chi connectivity index (χ1v) is 11.3. The second-order valence-corrected chi connectivity index (χ2v) is 8.83. The molecule has 1 heterocycles. The number of nitrogens with zero attached hydrogens (tertiary/aromatic N) is 2. The predicted molar refractivity (Wildman–Crippen MR) is 114 cm³/mol. The van der Waals surface area contributed by atoms with Crippen LogP contribution in [0, 0.1) is 12.7 Å². The molecule has 1 aliphatic rings. The molecule has 156 valence electrons. The highest BCUT2D eigenvalue weighted by atomic mass is 35.5. The van der Waals surface area contributed by atoms with Crippen molar-refractivity contribution in [2.75, 3.05) is 12.4 Å². The fourth-order valence-corrected chi connectivity index (χ4v) is 4.25. The SMILES string of the molecule is Cc1ccsc1CN(Cc1ccc(F)cc1)C(=O)CN(C(=O)CCCCl)C1CC1. The summed E-state index contributed by atoms with van der Waals surface area (Å²) < 4.78 is 13.3. The molecule has 0 aliphatic heterocycles. The van der Waals surface area contributed by atoms with Gasteiger partial charge in [-0.1, -0.05) is 12.1 Å². The third-order valence-electron chi connectivity index (χ3n) is 5.08. The van der Waals surface area contributed by atoms with Gasteiger partial charge in [0.2, 0.25) is 11.8 Å². The predicted octanol–water partition coefficient (Wildman–Crippen LogP) is 4.73. The van der Waals surface area contributed by atoms with E-state index in [2.05, 4.69) is 0 Å². The molecule has 0 atom stereocenters. The molecule has 0 saturated heterocycles.